The molecule has 8 heteroatoms. The Kier molecular flexibility index (Phi) is 5.94. The smallest absolute Gasteiger partial charge is 0.272 e. The third-order valence-corrected chi connectivity index (χ3v) is 5.99. The maximum absolute atomic E-state index is 12.6. The molecule has 5 nitrogen and oxygen atoms in total. The summed E-state index contributed by atoms with van der Waals surface area (Å²) in [5.41, 5.74) is 5.86. The average molecular weight is 348 g/mol. The maximum Gasteiger partial charge on any atom is 0.272 e. The second-order valence-corrected chi connectivity index (χ2v) is 7.71. The van der Waals surface area contributed by atoms with Gasteiger partial charge in [-0.3, -0.25) is 0 Å². The molecule has 1 saturated heterocycles. The van der Waals surface area contributed by atoms with Crippen molar-refractivity contribution in [2.24, 2.45) is 11.7 Å². The monoisotopic (exact) mass is 348 g/mol. The molecular formula is C15H22F2N2O3S. The van der Waals surface area contributed by atoms with E-state index in [0.717, 1.165) is 12.8 Å². The molecule has 2 N–H and O–H groups in total. The summed E-state index contributed by atoms with van der Waals surface area (Å²) in [4.78, 5) is 0.140. The first-order valence-electron chi connectivity index (χ1n) is 7.57. The molecule has 130 valence electrons. The number of alkyl halides is 2. The summed E-state index contributed by atoms with van der Waals surface area (Å²) in [5, 5.41) is 0. The minimum atomic E-state index is -3.57. The van der Waals surface area contributed by atoms with Gasteiger partial charge in [-0.15, -0.1) is 0 Å². The van der Waals surface area contributed by atoms with Crippen LogP contribution in [0.5, 0.6) is 5.75 Å². The number of rotatable bonds is 6. The van der Waals surface area contributed by atoms with Crippen molar-refractivity contribution in [1.82, 2.24) is 4.31 Å². The van der Waals surface area contributed by atoms with E-state index in [4.69, 9.17) is 10.5 Å². The van der Waals surface area contributed by atoms with Crippen molar-refractivity contribution < 1.29 is 21.9 Å². The normalized spacial score (nSPS) is 19.0. The molecule has 1 aromatic rings. The Morgan fingerprint density at radius 3 is 2.30 bits per heavy atom. The lowest BCUT2D eigenvalue weighted by Gasteiger charge is -2.32. The van der Waals surface area contributed by atoms with Crippen molar-refractivity contribution in [3.05, 3.63) is 24.3 Å². The van der Waals surface area contributed by atoms with Crippen LogP contribution in [-0.4, -0.2) is 44.9 Å². The molecule has 0 amide bonds. The molecule has 0 aliphatic carbocycles. The van der Waals surface area contributed by atoms with Gasteiger partial charge in [-0.05, 0) is 49.9 Å². The van der Waals surface area contributed by atoms with Crippen LogP contribution in [0.2, 0.25) is 0 Å². The van der Waals surface area contributed by atoms with Gasteiger partial charge in [-0.2, -0.15) is 4.31 Å². The molecular weight excluding hydrogens is 326 g/mol. The Morgan fingerprint density at radius 2 is 1.83 bits per heavy atom. The Morgan fingerprint density at radius 1 is 1.26 bits per heavy atom. The highest BCUT2D eigenvalue weighted by molar-refractivity contribution is 7.89. The van der Waals surface area contributed by atoms with E-state index in [1.54, 1.807) is 0 Å². The lowest BCUT2D eigenvalue weighted by molar-refractivity contribution is 0.0819. The molecule has 0 spiro atoms. The number of nitrogens with zero attached hydrogens (tertiary/aromatic N) is 1. The maximum atomic E-state index is 12.6. The topological polar surface area (TPSA) is 72.6 Å². The van der Waals surface area contributed by atoms with Gasteiger partial charge in [-0.1, -0.05) is 0 Å². The number of sulfonamides is 1. The molecule has 1 fully saturated rings. The van der Waals surface area contributed by atoms with Crippen molar-refractivity contribution in [3.8, 4) is 5.75 Å². The minimum Gasteiger partial charge on any atom is -0.488 e. The van der Waals surface area contributed by atoms with Crippen LogP contribution in [-0.2, 0) is 10.0 Å². The highest BCUT2D eigenvalue weighted by Gasteiger charge is 2.30. The quantitative estimate of drug-likeness (QED) is 0.854. The van der Waals surface area contributed by atoms with Gasteiger partial charge >= 0.3 is 0 Å². The lowest BCUT2D eigenvalue weighted by Crippen LogP contribution is -2.42. The summed E-state index contributed by atoms with van der Waals surface area (Å²) in [6, 6.07) is 5.61. The zero-order valence-electron chi connectivity index (χ0n) is 13.0. The van der Waals surface area contributed by atoms with Crippen LogP contribution in [0.25, 0.3) is 0 Å². The molecule has 0 aromatic heterocycles. The number of benzene rings is 1. The Bertz CT molecular complexity index is 598. The van der Waals surface area contributed by atoms with Crippen molar-refractivity contribution in [2.45, 2.75) is 37.1 Å². The summed E-state index contributed by atoms with van der Waals surface area (Å²) < 4.78 is 55.6. The SMILES string of the molecule is CC(N)C1CCN(S(=O)(=O)c2ccc(OCC(F)F)cc2)CC1. The second-order valence-electron chi connectivity index (χ2n) is 5.77. The first-order chi connectivity index (χ1) is 10.8. The van der Waals surface area contributed by atoms with Crippen molar-refractivity contribution in [3.63, 3.8) is 0 Å². The number of halogens is 2. The second kappa shape index (κ2) is 7.55. The van der Waals surface area contributed by atoms with E-state index in [9.17, 15) is 17.2 Å². The van der Waals surface area contributed by atoms with Gasteiger partial charge in [-0.25, -0.2) is 17.2 Å². The van der Waals surface area contributed by atoms with Crippen LogP contribution >= 0.6 is 0 Å². The fourth-order valence-corrected chi connectivity index (χ4v) is 4.13. The van der Waals surface area contributed by atoms with E-state index in [1.807, 2.05) is 6.92 Å². The van der Waals surface area contributed by atoms with E-state index in [1.165, 1.54) is 28.6 Å². The Balaban J connectivity index is 2.02. The van der Waals surface area contributed by atoms with Gasteiger partial charge in [0.2, 0.25) is 10.0 Å². The van der Waals surface area contributed by atoms with E-state index < -0.39 is 23.1 Å². The molecule has 23 heavy (non-hydrogen) atoms. The predicted octanol–water partition coefficient (Wildman–Crippen LogP) is 2.08. The van der Waals surface area contributed by atoms with Gasteiger partial charge in [0.05, 0.1) is 4.90 Å². The summed E-state index contributed by atoms with van der Waals surface area (Å²) in [6.45, 7) is 2.11. The van der Waals surface area contributed by atoms with E-state index in [-0.39, 0.29) is 16.7 Å². The average Bonchev–Trinajstić information content (AvgIpc) is 2.53. The van der Waals surface area contributed by atoms with Crippen LogP contribution in [0.1, 0.15) is 19.8 Å². The van der Waals surface area contributed by atoms with E-state index in [2.05, 4.69) is 0 Å². The highest BCUT2D eigenvalue weighted by atomic mass is 32.2. The predicted molar refractivity (Wildman–Crippen MR) is 83.1 cm³/mol. The molecule has 1 aliphatic rings. The zero-order chi connectivity index (χ0) is 17.0. The molecule has 0 bridgehead atoms. The Hall–Kier alpha value is -1.25. The molecule has 2 rings (SSSR count). The van der Waals surface area contributed by atoms with Crippen LogP contribution in [0.15, 0.2) is 29.2 Å². The summed E-state index contributed by atoms with van der Waals surface area (Å²) >= 11 is 0. The number of ether oxygens (including phenoxy) is 1. The van der Waals surface area contributed by atoms with Crippen molar-refractivity contribution in [2.75, 3.05) is 19.7 Å². The molecule has 1 unspecified atom stereocenters. The molecule has 1 aliphatic heterocycles. The molecule has 1 atom stereocenters. The first kappa shape index (κ1) is 18.1. The molecule has 0 saturated carbocycles. The van der Waals surface area contributed by atoms with Crippen LogP contribution in [0.4, 0.5) is 8.78 Å². The van der Waals surface area contributed by atoms with Crippen LogP contribution in [0.3, 0.4) is 0 Å². The van der Waals surface area contributed by atoms with E-state index in [0.29, 0.717) is 19.0 Å². The fraction of sp³-hybridized carbons (Fsp3) is 0.600. The van der Waals surface area contributed by atoms with Gasteiger partial charge in [0.15, 0.2) is 0 Å². The highest BCUT2D eigenvalue weighted by Crippen LogP contribution is 2.26. The molecule has 0 radical (unpaired) electrons. The van der Waals surface area contributed by atoms with Crippen LogP contribution in [0, 0.1) is 5.92 Å². The summed E-state index contributed by atoms with van der Waals surface area (Å²) in [6.07, 6.45) is -1.08. The first-order valence-corrected chi connectivity index (χ1v) is 9.01. The molecule has 1 heterocycles. The molecule has 1 aromatic carbocycles. The van der Waals surface area contributed by atoms with Crippen LogP contribution < -0.4 is 10.5 Å². The number of hydrogen-bond acceptors (Lipinski definition) is 4. The zero-order valence-corrected chi connectivity index (χ0v) is 13.8. The minimum absolute atomic E-state index is 0.0612. The standard InChI is InChI=1S/C15H22F2N2O3S/c1-11(18)12-6-8-19(9-7-12)23(20,21)14-4-2-13(3-5-14)22-10-15(16)17/h2-5,11-12,15H,6-10,18H2,1H3. The van der Waals surface area contributed by atoms with Gasteiger partial charge in [0, 0.05) is 19.1 Å². The van der Waals surface area contributed by atoms with Gasteiger partial charge in [0.25, 0.3) is 6.43 Å². The van der Waals surface area contributed by atoms with Gasteiger partial charge < -0.3 is 10.5 Å². The number of piperidine rings is 1. The fourth-order valence-electron chi connectivity index (χ4n) is 2.66. The Labute approximate surface area is 135 Å². The van der Waals surface area contributed by atoms with E-state index >= 15 is 0 Å². The summed E-state index contributed by atoms with van der Waals surface area (Å²) in [7, 11) is -3.57. The van der Waals surface area contributed by atoms with Crippen molar-refractivity contribution >= 4 is 10.0 Å². The number of hydrogen-bond donors (Lipinski definition) is 1. The number of nitrogens with two attached hydrogens (primary N) is 1. The lowest BCUT2D eigenvalue weighted by atomic mass is 9.92. The third kappa shape index (κ3) is 4.62. The van der Waals surface area contributed by atoms with Crippen molar-refractivity contribution in [1.29, 1.82) is 0 Å². The largest absolute Gasteiger partial charge is 0.488 e. The van der Waals surface area contributed by atoms with Gasteiger partial charge in [0.1, 0.15) is 12.4 Å². The summed E-state index contributed by atoms with van der Waals surface area (Å²) in [5.74, 6) is 0.562. The third-order valence-electron chi connectivity index (χ3n) is 4.08.